The number of hydrogen-bond acceptors (Lipinski definition) is 4. The van der Waals surface area contributed by atoms with Crippen LogP contribution in [0.5, 0.6) is 0 Å². The first-order valence-electron chi connectivity index (χ1n) is 4.10. The highest BCUT2D eigenvalue weighted by Crippen LogP contribution is 2.50. The Labute approximate surface area is 82.0 Å². The summed E-state index contributed by atoms with van der Waals surface area (Å²) < 4.78 is 23.1. The summed E-state index contributed by atoms with van der Waals surface area (Å²) in [5.74, 6) is 0. The summed E-state index contributed by atoms with van der Waals surface area (Å²) in [4.78, 5) is 10.2. The smallest absolute Gasteiger partial charge is 0.418 e. The summed E-state index contributed by atoms with van der Waals surface area (Å²) in [5, 5.41) is 18.0. The Morgan fingerprint density at radius 2 is 1.86 bits per heavy atom. The second-order valence-corrected chi connectivity index (χ2v) is 5.96. The lowest BCUT2D eigenvalue weighted by molar-refractivity contribution is 0.0664. The molecule has 0 spiro atoms. The summed E-state index contributed by atoms with van der Waals surface area (Å²) >= 11 is 0. The molecule has 1 fully saturated rings. The van der Waals surface area contributed by atoms with Crippen LogP contribution in [0.1, 0.15) is 26.7 Å². The Morgan fingerprint density at radius 3 is 2.07 bits per heavy atom. The average molecular weight is 223 g/mol. The third-order valence-corrected chi connectivity index (χ3v) is 4.94. The van der Waals surface area contributed by atoms with Gasteiger partial charge in [0.1, 0.15) is 4.75 Å². The van der Waals surface area contributed by atoms with E-state index in [2.05, 4.69) is 0 Å². The number of carbonyl (C=O) groups is 1. The molecule has 0 atom stereocenters. The number of hydrogen-bond donors (Lipinski definition) is 3. The fourth-order valence-electron chi connectivity index (χ4n) is 1.54. The first kappa shape index (κ1) is 11.3. The van der Waals surface area contributed by atoms with E-state index in [1.165, 1.54) is 18.6 Å². The van der Waals surface area contributed by atoms with E-state index in [1.807, 2.05) is 0 Å². The van der Waals surface area contributed by atoms with Gasteiger partial charge in [-0.1, -0.05) is 0 Å². The van der Waals surface area contributed by atoms with Gasteiger partial charge in [-0.2, -0.15) is 0 Å². The van der Waals surface area contributed by atoms with E-state index < -0.39 is 26.5 Å². The van der Waals surface area contributed by atoms with Crippen LogP contribution in [-0.4, -0.2) is 35.1 Å². The van der Waals surface area contributed by atoms with Crippen molar-refractivity contribution in [3.8, 4) is 0 Å². The van der Waals surface area contributed by atoms with Gasteiger partial charge in [-0.25, -0.2) is 17.9 Å². The van der Waals surface area contributed by atoms with Gasteiger partial charge in [0.2, 0.25) is 10.0 Å². The zero-order valence-electron chi connectivity index (χ0n) is 7.94. The van der Waals surface area contributed by atoms with Crippen LogP contribution < -0.4 is 4.72 Å². The van der Waals surface area contributed by atoms with Crippen molar-refractivity contribution in [1.82, 2.24) is 4.72 Å². The van der Waals surface area contributed by atoms with Crippen molar-refractivity contribution in [2.45, 2.75) is 37.0 Å². The van der Waals surface area contributed by atoms with Crippen LogP contribution in [0.15, 0.2) is 0 Å². The van der Waals surface area contributed by atoms with Gasteiger partial charge in [0, 0.05) is 0 Å². The molecule has 0 unspecified atom stereocenters. The maximum atomic E-state index is 11.5. The molecule has 0 radical (unpaired) electrons. The van der Waals surface area contributed by atoms with E-state index in [9.17, 15) is 18.3 Å². The summed E-state index contributed by atoms with van der Waals surface area (Å²) in [7, 11) is -4.01. The number of carboxylic acid groups (broad SMARTS) is 1. The number of amides is 1. The largest absolute Gasteiger partial charge is 0.464 e. The van der Waals surface area contributed by atoms with Crippen LogP contribution in [0, 0.1) is 0 Å². The Kier molecular flexibility index (Phi) is 2.28. The van der Waals surface area contributed by atoms with E-state index >= 15 is 0 Å². The van der Waals surface area contributed by atoms with Gasteiger partial charge in [0.15, 0.2) is 0 Å². The van der Waals surface area contributed by atoms with Gasteiger partial charge in [0.05, 0.1) is 5.60 Å². The molecule has 0 aliphatic heterocycles. The van der Waals surface area contributed by atoms with Crippen molar-refractivity contribution in [2.24, 2.45) is 0 Å². The minimum Gasteiger partial charge on any atom is -0.464 e. The van der Waals surface area contributed by atoms with Gasteiger partial charge in [-0.05, 0) is 26.7 Å². The molecule has 1 aliphatic carbocycles. The van der Waals surface area contributed by atoms with Gasteiger partial charge in [0.25, 0.3) is 0 Å². The molecule has 7 heteroatoms. The quantitative estimate of drug-likeness (QED) is 0.619. The van der Waals surface area contributed by atoms with Crippen molar-refractivity contribution in [3.63, 3.8) is 0 Å². The van der Waals surface area contributed by atoms with E-state index in [0.29, 0.717) is 0 Å². The molecule has 1 aliphatic rings. The van der Waals surface area contributed by atoms with E-state index in [0.717, 1.165) is 0 Å². The predicted octanol–water partition coefficient (Wildman–Crippen LogP) is -0.113. The Hall–Kier alpha value is -0.820. The van der Waals surface area contributed by atoms with E-state index in [1.54, 1.807) is 0 Å². The molecule has 0 saturated heterocycles. The van der Waals surface area contributed by atoms with Crippen molar-refractivity contribution < 1.29 is 23.4 Å². The molecule has 0 heterocycles. The first-order chi connectivity index (χ1) is 6.12. The third kappa shape index (κ3) is 1.57. The van der Waals surface area contributed by atoms with Crippen LogP contribution in [0.25, 0.3) is 0 Å². The van der Waals surface area contributed by atoms with Crippen LogP contribution in [-0.2, 0) is 10.0 Å². The predicted molar refractivity (Wildman–Crippen MR) is 48.3 cm³/mol. The van der Waals surface area contributed by atoms with Gasteiger partial charge in [-0.3, -0.25) is 0 Å². The van der Waals surface area contributed by atoms with Crippen LogP contribution in [0.3, 0.4) is 0 Å². The van der Waals surface area contributed by atoms with Crippen LogP contribution in [0.2, 0.25) is 0 Å². The lowest BCUT2D eigenvalue weighted by atomic mass is 10.0. The summed E-state index contributed by atoms with van der Waals surface area (Å²) in [5.41, 5.74) is -1.44. The monoisotopic (exact) mass is 223 g/mol. The fourth-order valence-corrected chi connectivity index (χ4v) is 3.26. The lowest BCUT2D eigenvalue weighted by Crippen LogP contribution is -2.50. The first-order valence-corrected chi connectivity index (χ1v) is 5.58. The molecule has 1 saturated carbocycles. The highest BCUT2D eigenvalue weighted by molar-refractivity contribution is 7.91. The fraction of sp³-hybridized carbons (Fsp3) is 0.857. The summed E-state index contributed by atoms with van der Waals surface area (Å²) in [6, 6.07) is 0. The Balaban J connectivity index is 3.00. The second kappa shape index (κ2) is 2.83. The normalized spacial score (nSPS) is 20.2. The second-order valence-electron chi connectivity index (χ2n) is 3.96. The van der Waals surface area contributed by atoms with Crippen molar-refractivity contribution >= 4 is 16.1 Å². The highest BCUT2D eigenvalue weighted by atomic mass is 32.2. The topological polar surface area (TPSA) is 104 Å². The molecule has 0 aromatic rings. The summed E-state index contributed by atoms with van der Waals surface area (Å²) in [6.45, 7) is 2.72. The minimum absolute atomic E-state index is 0.277. The van der Waals surface area contributed by atoms with Gasteiger partial charge in [-0.15, -0.1) is 0 Å². The molecule has 1 amide bonds. The highest BCUT2D eigenvalue weighted by Gasteiger charge is 2.64. The Morgan fingerprint density at radius 1 is 1.43 bits per heavy atom. The Bertz CT molecular complexity index is 349. The number of rotatable bonds is 3. The summed E-state index contributed by atoms with van der Waals surface area (Å²) in [6.07, 6.45) is -1.07. The molecule has 0 bridgehead atoms. The van der Waals surface area contributed by atoms with E-state index in [4.69, 9.17) is 5.11 Å². The number of nitrogens with one attached hydrogen (secondary N) is 1. The van der Waals surface area contributed by atoms with Crippen molar-refractivity contribution in [1.29, 1.82) is 0 Å². The minimum atomic E-state index is -4.01. The molecular weight excluding hydrogens is 210 g/mol. The molecular formula is C7H13NO5S. The molecule has 1 rings (SSSR count). The van der Waals surface area contributed by atoms with Crippen LogP contribution >= 0.6 is 0 Å². The zero-order chi connectivity index (χ0) is 11.2. The third-order valence-electron chi connectivity index (χ3n) is 2.56. The molecule has 0 aromatic heterocycles. The number of sulfonamides is 1. The molecule has 6 nitrogen and oxygen atoms in total. The zero-order valence-corrected chi connectivity index (χ0v) is 8.76. The molecule has 0 aromatic carbocycles. The van der Waals surface area contributed by atoms with Crippen molar-refractivity contribution in [2.75, 3.05) is 0 Å². The SMILES string of the molecule is CC(C)(O)C1(S(=O)(=O)NC(=O)O)CC1. The molecule has 3 N–H and O–H groups in total. The standard InChI is InChI=1S/C7H13NO5S/c1-6(2,11)7(3-4-7)14(12,13)8-5(9)10/h8,11H,3-4H2,1-2H3,(H,9,10). The lowest BCUT2D eigenvalue weighted by Gasteiger charge is -2.28. The van der Waals surface area contributed by atoms with E-state index in [-0.39, 0.29) is 12.8 Å². The van der Waals surface area contributed by atoms with Gasteiger partial charge < -0.3 is 10.2 Å². The molecule has 82 valence electrons. The maximum Gasteiger partial charge on any atom is 0.418 e. The molecule has 14 heavy (non-hydrogen) atoms. The van der Waals surface area contributed by atoms with Crippen molar-refractivity contribution in [3.05, 3.63) is 0 Å². The average Bonchev–Trinajstić information content (AvgIpc) is 2.56. The maximum absolute atomic E-state index is 11.5. The number of aliphatic hydroxyl groups is 1. The van der Waals surface area contributed by atoms with Gasteiger partial charge >= 0.3 is 6.09 Å². The van der Waals surface area contributed by atoms with Crippen LogP contribution in [0.4, 0.5) is 4.79 Å².